The lowest BCUT2D eigenvalue weighted by molar-refractivity contribution is -0.132. The molecule has 1 fully saturated rings. The largest absolute Gasteiger partial charge is 0.427 e. The maximum atomic E-state index is 12.7. The predicted molar refractivity (Wildman–Crippen MR) is 106 cm³/mol. The molecular formula is C22H22N2O4. The molecule has 1 saturated heterocycles. The second kappa shape index (κ2) is 8.99. The molecule has 0 bridgehead atoms. The van der Waals surface area contributed by atoms with Crippen molar-refractivity contribution in [1.82, 2.24) is 9.80 Å². The Morgan fingerprint density at radius 3 is 2.25 bits per heavy atom. The van der Waals surface area contributed by atoms with Gasteiger partial charge in [0.1, 0.15) is 5.75 Å². The summed E-state index contributed by atoms with van der Waals surface area (Å²) in [4.78, 5) is 39.6. The summed E-state index contributed by atoms with van der Waals surface area (Å²) < 4.78 is 5.03. The first kappa shape index (κ1) is 19.4. The topological polar surface area (TPSA) is 66.9 Å². The number of nitrogens with zero attached hydrogens (tertiary/aromatic N) is 2. The van der Waals surface area contributed by atoms with E-state index in [2.05, 4.69) is 0 Å². The van der Waals surface area contributed by atoms with Gasteiger partial charge in [0.2, 0.25) is 5.91 Å². The van der Waals surface area contributed by atoms with Crippen molar-refractivity contribution in [2.24, 2.45) is 0 Å². The van der Waals surface area contributed by atoms with Crippen LogP contribution in [-0.2, 0) is 9.59 Å². The number of amides is 2. The summed E-state index contributed by atoms with van der Waals surface area (Å²) in [6.45, 7) is 3.20. The van der Waals surface area contributed by atoms with E-state index in [9.17, 15) is 14.4 Å². The molecule has 1 aliphatic rings. The lowest BCUT2D eigenvalue weighted by Crippen LogP contribution is -2.50. The molecule has 6 nitrogen and oxygen atoms in total. The van der Waals surface area contributed by atoms with Gasteiger partial charge in [0.25, 0.3) is 5.91 Å². The van der Waals surface area contributed by atoms with Crippen LogP contribution < -0.4 is 4.74 Å². The highest BCUT2D eigenvalue weighted by molar-refractivity contribution is 5.95. The molecule has 28 heavy (non-hydrogen) atoms. The van der Waals surface area contributed by atoms with Crippen molar-refractivity contribution in [2.75, 3.05) is 26.2 Å². The zero-order valence-corrected chi connectivity index (χ0v) is 15.7. The number of carbonyl (C=O) groups excluding carboxylic acids is 3. The number of carbonyl (C=O) groups is 3. The van der Waals surface area contributed by atoms with Crippen molar-refractivity contribution < 1.29 is 19.1 Å². The van der Waals surface area contributed by atoms with Crippen molar-refractivity contribution in [3.63, 3.8) is 0 Å². The van der Waals surface area contributed by atoms with Gasteiger partial charge in [-0.05, 0) is 29.8 Å². The zero-order chi connectivity index (χ0) is 19.9. The highest BCUT2D eigenvalue weighted by Gasteiger charge is 2.24. The van der Waals surface area contributed by atoms with Gasteiger partial charge >= 0.3 is 5.97 Å². The zero-order valence-electron chi connectivity index (χ0n) is 15.7. The molecule has 2 amide bonds. The van der Waals surface area contributed by atoms with Crippen LogP contribution in [0.4, 0.5) is 0 Å². The lowest BCUT2D eigenvalue weighted by atomic mass is 10.1. The summed E-state index contributed by atoms with van der Waals surface area (Å²) in [5, 5.41) is 0. The van der Waals surface area contributed by atoms with Gasteiger partial charge in [0.05, 0.1) is 0 Å². The Bertz CT molecular complexity index is 884. The quantitative estimate of drug-likeness (QED) is 0.466. The molecule has 2 aromatic rings. The molecule has 144 valence electrons. The van der Waals surface area contributed by atoms with E-state index in [0.29, 0.717) is 37.5 Å². The molecule has 0 aliphatic carbocycles. The van der Waals surface area contributed by atoms with Crippen molar-refractivity contribution in [3.05, 3.63) is 71.8 Å². The van der Waals surface area contributed by atoms with E-state index in [1.54, 1.807) is 46.2 Å². The summed E-state index contributed by atoms with van der Waals surface area (Å²) >= 11 is 0. The molecule has 1 aliphatic heterocycles. The number of rotatable bonds is 4. The number of piperazine rings is 1. The fourth-order valence-corrected chi connectivity index (χ4v) is 3.01. The van der Waals surface area contributed by atoms with E-state index in [4.69, 9.17) is 4.74 Å². The predicted octanol–water partition coefficient (Wildman–Crippen LogP) is 2.61. The van der Waals surface area contributed by atoms with Gasteiger partial charge in [-0.15, -0.1) is 0 Å². The Morgan fingerprint density at radius 2 is 1.57 bits per heavy atom. The first-order valence-corrected chi connectivity index (χ1v) is 9.13. The van der Waals surface area contributed by atoms with Crippen LogP contribution in [0, 0.1) is 0 Å². The summed E-state index contributed by atoms with van der Waals surface area (Å²) in [6.07, 6.45) is 3.36. The van der Waals surface area contributed by atoms with E-state index in [0.717, 1.165) is 5.56 Å². The summed E-state index contributed by atoms with van der Waals surface area (Å²) in [5.41, 5.74) is 1.43. The molecule has 0 aromatic heterocycles. The van der Waals surface area contributed by atoms with Crippen LogP contribution in [0.3, 0.4) is 0 Å². The normalized spacial score (nSPS) is 14.2. The van der Waals surface area contributed by atoms with Crippen LogP contribution >= 0.6 is 0 Å². The maximum Gasteiger partial charge on any atom is 0.308 e. The molecule has 0 unspecified atom stereocenters. The van der Waals surface area contributed by atoms with Crippen LogP contribution in [-0.4, -0.2) is 53.8 Å². The number of hydrogen-bond acceptors (Lipinski definition) is 4. The first-order valence-electron chi connectivity index (χ1n) is 9.13. The van der Waals surface area contributed by atoms with Gasteiger partial charge in [-0.1, -0.05) is 36.4 Å². The Labute approximate surface area is 164 Å². The minimum atomic E-state index is -0.430. The van der Waals surface area contributed by atoms with Crippen LogP contribution in [0.15, 0.2) is 60.7 Å². The smallest absolute Gasteiger partial charge is 0.308 e. The number of hydrogen-bond donors (Lipinski definition) is 0. The highest BCUT2D eigenvalue weighted by Crippen LogP contribution is 2.16. The van der Waals surface area contributed by atoms with Gasteiger partial charge in [0.15, 0.2) is 0 Å². The minimum Gasteiger partial charge on any atom is -0.427 e. The molecule has 2 aromatic carbocycles. The Hall–Kier alpha value is -3.41. The fourth-order valence-electron chi connectivity index (χ4n) is 3.01. The average Bonchev–Trinajstić information content (AvgIpc) is 2.72. The van der Waals surface area contributed by atoms with E-state index in [-0.39, 0.29) is 11.8 Å². The van der Waals surface area contributed by atoms with E-state index in [1.807, 2.05) is 30.3 Å². The molecule has 0 N–H and O–H groups in total. The minimum absolute atomic E-state index is 0.0622. The van der Waals surface area contributed by atoms with E-state index in [1.165, 1.54) is 6.92 Å². The summed E-state index contributed by atoms with van der Waals surface area (Å²) in [6, 6.07) is 16.2. The molecule has 3 rings (SSSR count). The van der Waals surface area contributed by atoms with Crippen LogP contribution in [0.2, 0.25) is 0 Å². The molecule has 0 atom stereocenters. The average molecular weight is 378 g/mol. The van der Waals surface area contributed by atoms with Crippen LogP contribution in [0.25, 0.3) is 6.08 Å². The second-order valence-corrected chi connectivity index (χ2v) is 6.48. The third-order valence-electron chi connectivity index (χ3n) is 4.44. The Kier molecular flexibility index (Phi) is 6.22. The maximum absolute atomic E-state index is 12.7. The molecular weight excluding hydrogens is 356 g/mol. The monoisotopic (exact) mass is 378 g/mol. The van der Waals surface area contributed by atoms with Gasteiger partial charge < -0.3 is 14.5 Å². The Balaban J connectivity index is 1.56. The van der Waals surface area contributed by atoms with Gasteiger partial charge in [-0.3, -0.25) is 14.4 Å². The van der Waals surface area contributed by atoms with Gasteiger partial charge in [-0.25, -0.2) is 0 Å². The van der Waals surface area contributed by atoms with Crippen molar-refractivity contribution in [2.45, 2.75) is 6.92 Å². The molecule has 0 saturated carbocycles. The highest BCUT2D eigenvalue weighted by atomic mass is 16.5. The Morgan fingerprint density at radius 1 is 0.893 bits per heavy atom. The SMILES string of the molecule is CC(=O)Oc1cccc(C(=O)N2CCN(C(=O)/C=C/c3ccccc3)CC2)c1. The molecule has 6 heteroatoms. The van der Waals surface area contributed by atoms with Gasteiger partial charge in [0, 0.05) is 44.7 Å². The molecule has 0 spiro atoms. The lowest BCUT2D eigenvalue weighted by Gasteiger charge is -2.34. The standard InChI is InChI=1S/C22H22N2O4/c1-17(25)28-20-9-5-8-19(16-20)22(27)24-14-12-23(13-15-24)21(26)11-10-18-6-3-2-4-7-18/h2-11,16H,12-15H2,1H3/b11-10+. The van der Waals surface area contributed by atoms with Crippen molar-refractivity contribution in [1.29, 1.82) is 0 Å². The molecule has 0 radical (unpaired) electrons. The van der Waals surface area contributed by atoms with Crippen molar-refractivity contribution in [3.8, 4) is 5.75 Å². The summed E-state index contributed by atoms with van der Waals surface area (Å²) in [5.74, 6) is -0.285. The van der Waals surface area contributed by atoms with Crippen LogP contribution in [0.5, 0.6) is 5.75 Å². The summed E-state index contributed by atoms with van der Waals surface area (Å²) in [7, 11) is 0. The number of ether oxygens (including phenoxy) is 1. The van der Waals surface area contributed by atoms with Crippen LogP contribution in [0.1, 0.15) is 22.8 Å². The third-order valence-corrected chi connectivity index (χ3v) is 4.44. The van der Waals surface area contributed by atoms with Crippen molar-refractivity contribution >= 4 is 23.9 Å². The molecule has 1 heterocycles. The van der Waals surface area contributed by atoms with E-state index < -0.39 is 5.97 Å². The number of esters is 1. The first-order chi connectivity index (χ1) is 13.5. The third kappa shape index (κ3) is 5.07. The van der Waals surface area contributed by atoms with E-state index >= 15 is 0 Å². The van der Waals surface area contributed by atoms with Gasteiger partial charge in [-0.2, -0.15) is 0 Å². The number of benzene rings is 2. The second-order valence-electron chi connectivity index (χ2n) is 6.48. The fraction of sp³-hybridized carbons (Fsp3) is 0.227.